The van der Waals surface area contributed by atoms with Crippen LogP contribution in [0.3, 0.4) is 0 Å². The lowest BCUT2D eigenvalue weighted by atomic mass is 10.1. The quantitative estimate of drug-likeness (QED) is 0.247. The summed E-state index contributed by atoms with van der Waals surface area (Å²) in [5.74, 6) is -1.46. The van der Waals surface area contributed by atoms with E-state index >= 15 is 4.39 Å². The first-order chi connectivity index (χ1) is 17.9. The van der Waals surface area contributed by atoms with Crippen LogP contribution in [0.5, 0.6) is 0 Å². The molecule has 3 aromatic carbocycles. The Kier molecular flexibility index (Phi) is 9.10. The lowest BCUT2D eigenvalue weighted by Crippen LogP contribution is -2.54. The van der Waals surface area contributed by atoms with Crippen LogP contribution in [0.15, 0.2) is 71.8 Å². The number of thiocarbonyl (C=S) groups is 1. The van der Waals surface area contributed by atoms with Crippen molar-refractivity contribution in [1.82, 2.24) is 10.3 Å². The van der Waals surface area contributed by atoms with E-state index in [1.165, 1.54) is 18.2 Å². The Morgan fingerprint density at radius 1 is 1.03 bits per heavy atom. The van der Waals surface area contributed by atoms with Gasteiger partial charge in [0, 0.05) is 37.8 Å². The predicted octanol–water partition coefficient (Wildman–Crippen LogP) is 4.18. The third-order valence-electron chi connectivity index (χ3n) is 6.11. The number of nitrogens with one attached hydrogen (secondary N) is 1. The molecule has 1 fully saturated rings. The molecule has 3 aromatic rings. The molecule has 194 valence electrons. The van der Waals surface area contributed by atoms with E-state index < -0.39 is 11.6 Å². The maximum Gasteiger partial charge on any atom is 0.184 e. The van der Waals surface area contributed by atoms with Crippen LogP contribution in [0.2, 0.25) is 0 Å². The highest BCUT2D eigenvalue weighted by Crippen LogP contribution is 2.26. The minimum absolute atomic E-state index is 0.0253. The summed E-state index contributed by atoms with van der Waals surface area (Å²) in [7, 11) is 0. The van der Waals surface area contributed by atoms with Crippen LogP contribution in [0.4, 0.5) is 18.9 Å². The number of rotatable bonds is 9. The van der Waals surface area contributed by atoms with Crippen LogP contribution < -0.4 is 16.1 Å². The molecule has 10 heteroatoms. The molecule has 1 heterocycles. The van der Waals surface area contributed by atoms with E-state index in [1.807, 2.05) is 35.2 Å². The third kappa shape index (κ3) is 7.51. The normalized spacial score (nSPS) is 16.3. The van der Waals surface area contributed by atoms with Gasteiger partial charge in [-0.3, -0.25) is 10.3 Å². The summed E-state index contributed by atoms with van der Waals surface area (Å²) in [5, 5.41) is 3.63. The Balaban J connectivity index is 1.49. The van der Waals surface area contributed by atoms with Gasteiger partial charge in [-0.1, -0.05) is 42.5 Å². The average molecular weight is 528 g/mol. The van der Waals surface area contributed by atoms with E-state index in [0.717, 1.165) is 23.4 Å². The second kappa shape index (κ2) is 12.7. The van der Waals surface area contributed by atoms with Crippen LogP contribution in [0, 0.1) is 17.5 Å². The van der Waals surface area contributed by atoms with Crippen molar-refractivity contribution in [3.8, 4) is 0 Å². The third-order valence-corrected chi connectivity index (χ3v) is 6.20. The SMILES string of the molecule is NC(=S)NN=Cc1cc(F)c(N2CCN(Cc3ccc(F)cc3)C(COCc3ccccc3)C2)cc1F. The maximum absolute atomic E-state index is 15.1. The van der Waals surface area contributed by atoms with Gasteiger partial charge in [-0.25, -0.2) is 13.2 Å². The zero-order valence-corrected chi connectivity index (χ0v) is 20.9. The van der Waals surface area contributed by atoms with Gasteiger partial charge in [0.15, 0.2) is 5.11 Å². The van der Waals surface area contributed by atoms with Crippen LogP contribution in [-0.2, 0) is 17.9 Å². The molecule has 3 N–H and O–H groups in total. The van der Waals surface area contributed by atoms with Crippen LogP contribution in [0.25, 0.3) is 0 Å². The average Bonchev–Trinajstić information content (AvgIpc) is 2.88. The van der Waals surface area contributed by atoms with Crippen molar-refractivity contribution in [2.45, 2.75) is 19.2 Å². The predicted molar refractivity (Wildman–Crippen MR) is 143 cm³/mol. The van der Waals surface area contributed by atoms with E-state index in [1.54, 1.807) is 12.1 Å². The van der Waals surface area contributed by atoms with Gasteiger partial charge in [-0.15, -0.1) is 0 Å². The number of ether oxygens (including phenoxy) is 1. The Hall–Kier alpha value is -3.47. The molecule has 0 spiro atoms. The van der Waals surface area contributed by atoms with Crippen molar-refractivity contribution in [2.75, 3.05) is 31.1 Å². The van der Waals surface area contributed by atoms with Crippen LogP contribution in [-0.4, -0.2) is 48.5 Å². The number of anilines is 1. The fourth-order valence-electron chi connectivity index (χ4n) is 4.25. The minimum atomic E-state index is -0.615. The molecule has 1 saturated heterocycles. The standard InChI is InChI=1S/C27H28F3N5OS/c28-22-8-6-19(7-9-22)15-34-10-11-35(16-23(34)18-36-17-20-4-2-1-3-5-20)26-13-24(29)21(12-25(26)30)14-32-33-27(31)37/h1-9,12-14,23H,10-11,15-18H2,(H3,31,33,37). The summed E-state index contributed by atoms with van der Waals surface area (Å²) in [5.41, 5.74) is 9.78. The van der Waals surface area contributed by atoms with Crippen molar-refractivity contribution in [3.63, 3.8) is 0 Å². The lowest BCUT2D eigenvalue weighted by Gasteiger charge is -2.42. The number of benzene rings is 3. The van der Waals surface area contributed by atoms with Crippen molar-refractivity contribution in [1.29, 1.82) is 0 Å². The van der Waals surface area contributed by atoms with Crippen molar-refractivity contribution < 1.29 is 17.9 Å². The first kappa shape index (κ1) is 26.6. The molecule has 1 aliphatic rings. The Morgan fingerprint density at radius 3 is 2.51 bits per heavy atom. The zero-order valence-electron chi connectivity index (χ0n) is 20.1. The van der Waals surface area contributed by atoms with E-state index in [9.17, 15) is 8.78 Å². The molecule has 1 unspecified atom stereocenters. The maximum atomic E-state index is 15.1. The molecule has 0 bridgehead atoms. The van der Waals surface area contributed by atoms with Crippen molar-refractivity contribution in [3.05, 3.63) is 101 Å². The summed E-state index contributed by atoms with van der Waals surface area (Å²) < 4.78 is 49.2. The largest absolute Gasteiger partial charge is 0.375 e. The second-order valence-corrected chi connectivity index (χ2v) is 9.20. The van der Waals surface area contributed by atoms with Crippen molar-refractivity contribution in [2.24, 2.45) is 10.8 Å². The lowest BCUT2D eigenvalue weighted by molar-refractivity contribution is 0.0411. The number of nitrogens with two attached hydrogens (primary N) is 1. The molecule has 0 aliphatic carbocycles. The summed E-state index contributed by atoms with van der Waals surface area (Å²) in [6.07, 6.45) is 1.13. The fraction of sp³-hybridized carbons (Fsp3) is 0.259. The first-order valence-corrected chi connectivity index (χ1v) is 12.2. The van der Waals surface area contributed by atoms with Gasteiger partial charge in [0.05, 0.1) is 31.2 Å². The Labute approximate surface area is 219 Å². The molecular formula is C27H28F3N5OS. The molecule has 4 rings (SSSR count). The van der Waals surface area contributed by atoms with E-state index in [-0.39, 0.29) is 28.2 Å². The molecule has 0 saturated carbocycles. The fourth-order valence-corrected chi connectivity index (χ4v) is 4.30. The van der Waals surface area contributed by atoms with E-state index in [2.05, 4.69) is 27.6 Å². The number of hydrogen-bond acceptors (Lipinski definition) is 5. The van der Waals surface area contributed by atoms with Gasteiger partial charge in [-0.2, -0.15) is 5.10 Å². The van der Waals surface area contributed by atoms with Gasteiger partial charge in [0.25, 0.3) is 0 Å². The molecule has 0 radical (unpaired) electrons. The number of hydrogen-bond donors (Lipinski definition) is 2. The molecule has 1 atom stereocenters. The molecule has 37 heavy (non-hydrogen) atoms. The highest BCUT2D eigenvalue weighted by molar-refractivity contribution is 7.80. The minimum Gasteiger partial charge on any atom is -0.375 e. The molecule has 1 aliphatic heterocycles. The summed E-state index contributed by atoms with van der Waals surface area (Å²) in [6, 6.07) is 18.4. The highest BCUT2D eigenvalue weighted by atomic mass is 32.1. The smallest absolute Gasteiger partial charge is 0.184 e. The number of hydrazone groups is 1. The zero-order chi connectivity index (χ0) is 26.2. The molecule has 6 nitrogen and oxygen atoms in total. The Morgan fingerprint density at radius 2 is 1.78 bits per heavy atom. The van der Waals surface area contributed by atoms with Gasteiger partial charge >= 0.3 is 0 Å². The monoisotopic (exact) mass is 527 g/mol. The van der Waals surface area contributed by atoms with Crippen LogP contribution >= 0.6 is 12.2 Å². The molecule has 0 aromatic heterocycles. The molecule has 0 amide bonds. The number of piperazine rings is 1. The first-order valence-electron chi connectivity index (χ1n) is 11.8. The summed E-state index contributed by atoms with van der Waals surface area (Å²) >= 11 is 4.65. The Bertz CT molecular complexity index is 1230. The highest BCUT2D eigenvalue weighted by Gasteiger charge is 2.29. The van der Waals surface area contributed by atoms with Crippen molar-refractivity contribution >= 4 is 29.2 Å². The van der Waals surface area contributed by atoms with Gasteiger partial charge < -0.3 is 15.4 Å². The number of halogens is 3. The van der Waals surface area contributed by atoms with Gasteiger partial charge in [-0.05, 0) is 41.5 Å². The van der Waals surface area contributed by atoms with E-state index in [0.29, 0.717) is 39.4 Å². The van der Waals surface area contributed by atoms with Gasteiger partial charge in [0.1, 0.15) is 17.5 Å². The number of nitrogens with zero attached hydrogens (tertiary/aromatic N) is 3. The van der Waals surface area contributed by atoms with Gasteiger partial charge in [0.2, 0.25) is 0 Å². The van der Waals surface area contributed by atoms with Crippen LogP contribution in [0.1, 0.15) is 16.7 Å². The van der Waals surface area contributed by atoms with E-state index in [4.69, 9.17) is 10.5 Å². The second-order valence-electron chi connectivity index (χ2n) is 8.76. The topological polar surface area (TPSA) is 66.1 Å². The summed E-state index contributed by atoms with van der Waals surface area (Å²) in [4.78, 5) is 4.05. The molecular weight excluding hydrogens is 499 g/mol. The summed E-state index contributed by atoms with van der Waals surface area (Å²) in [6.45, 7) is 2.95.